The van der Waals surface area contributed by atoms with Crippen LogP contribution in [0.3, 0.4) is 0 Å². The Kier molecular flexibility index (Phi) is 7.81. The van der Waals surface area contributed by atoms with Crippen molar-refractivity contribution in [3.05, 3.63) is 218 Å². The zero-order chi connectivity index (χ0) is 37.9. The van der Waals surface area contributed by atoms with Crippen molar-refractivity contribution in [2.24, 2.45) is 0 Å². The molecule has 1 atom stereocenters. The van der Waals surface area contributed by atoms with Crippen LogP contribution < -0.4 is 15.9 Å². The molecule has 0 fully saturated rings. The quantitative estimate of drug-likeness (QED) is 0.155. The van der Waals surface area contributed by atoms with E-state index in [9.17, 15) is 0 Å². The molecule has 3 heteroatoms. The largest absolute Gasteiger partial charge is 0.309 e. The number of hydrogen-bond donors (Lipinski definition) is 0. The van der Waals surface area contributed by atoms with Crippen molar-refractivity contribution in [3.63, 3.8) is 0 Å². The van der Waals surface area contributed by atoms with Crippen LogP contribution in [0.5, 0.6) is 0 Å². The van der Waals surface area contributed by atoms with E-state index in [-0.39, 0.29) is 0 Å². The predicted molar refractivity (Wildman–Crippen MR) is 241 cm³/mol. The van der Waals surface area contributed by atoms with Crippen LogP contribution in [-0.2, 0) is 4.57 Å². The van der Waals surface area contributed by atoms with E-state index in [0.29, 0.717) is 0 Å². The lowest BCUT2D eigenvalue weighted by molar-refractivity contribution is 0.593. The molecule has 0 saturated carbocycles. The Morgan fingerprint density at radius 1 is 0.316 bits per heavy atom. The monoisotopic (exact) mass is 745 g/mol. The molecule has 0 radical (unpaired) electrons. The van der Waals surface area contributed by atoms with Gasteiger partial charge in [0.05, 0.1) is 11.0 Å². The fraction of sp³-hybridized carbons (Fsp3) is 0. The van der Waals surface area contributed by atoms with Crippen molar-refractivity contribution in [1.82, 2.24) is 4.57 Å². The van der Waals surface area contributed by atoms with Crippen LogP contribution in [0, 0.1) is 0 Å². The smallest absolute Gasteiger partial charge is 0.172 e. The second-order valence-electron chi connectivity index (χ2n) is 14.9. The first-order valence-electron chi connectivity index (χ1n) is 19.4. The van der Waals surface area contributed by atoms with Gasteiger partial charge < -0.3 is 9.13 Å². The lowest BCUT2D eigenvalue weighted by Gasteiger charge is -2.16. The second kappa shape index (κ2) is 13.3. The molecule has 2 nitrogen and oxygen atoms in total. The van der Waals surface area contributed by atoms with Gasteiger partial charge in [-0.15, -0.1) is 0 Å². The third-order valence-electron chi connectivity index (χ3n) is 11.6. The number of para-hydroxylation sites is 1. The first-order valence-corrected chi connectivity index (χ1v) is 21.1. The Bertz CT molecular complexity index is 3060. The minimum Gasteiger partial charge on any atom is -0.309 e. The van der Waals surface area contributed by atoms with Gasteiger partial charge in [0.1, 0.15) is 0 Å². The Labute approximate surface area is 332 Å². The van der Waals surface area contributed by atoms with Crippen LogP contribution in [0.2, 0.25) is 0 Å². The van der Waals surface area contributed by atoms with Crippen molar-refractivity contribution in [2.45, 2.75) is 0 Å². The Morgan fingerprint density at radius 2 is 0.789 bits per heavy atom. The van der Waals surface area contributed by atoms with Crippen LogP contribution in [0.25, 0.3) is 83.1 Å². The number of nitrogens with zero attached hydrogens (tertiary/aromatic N) is 1. The molecule has 0 aliphatic carbocycles. The molecular formula is C54H36NOP. The average molecular weight is 746 g/mol. The van der Waals surface area contributed by atoms with E-state index in [1.165, 1.54) is 22.3 Å². The average Bonchev–Trinajstić information content (AvgIpc) is 3.75. The molecule has 0 spiro atoms. The molecule has 57 heavy (non-hydrogen) atoms. The third-order valence-corrected chi connectivity index (χ3v) is 14.8. The van der Waals surface area contributed by atoms with Crippen molar-refractivity contribution >= 4 is 44.9 Å². The third kappa shape index (κ3) is 5.45. The lowest BCUT2D eigenvalue weighted by atomic mass is 9.95. The molecule has 1 aliphatic rings. The van der Waals surface area contributed by atoms with Gasteiger partial charge >= 0.3 is 0 Å². The van der Waals surface area contributed by atoms with Crippen LogP contribution in [0.4, 0.5) is 0 Å². The molecule has 1 aliphatic heterocycles. The number of benzene rings is 9. The standard InChI is InChI=1S/C54H36NOP/c56-57(46-18-8-3-9-19-46)53-23-13-11-21-48(53)50-35-52-49(36-54(50)57)47-20-10-12-22-51(47)55(52)45-33-43(41-28-24-39(25-29-41)37-14-4-1-5-15-37)32-44(34-45)42-30-26-40(27-31-42)38-16-6-2-7-17-38/h1-36H. The summed E-state index contributed by atoms with van der Waals surface area (Å²) in [5.41, 5.74) is 14.7. The van der Waals surface area contributed by atoms with Crippen molar-refractivity contribution in [1.29, 1.82) is 0 Å². The molecule has 268 valence electrons. The SMILES string of the molecule is O=P1(c2ccccc2)c2ccccc2-c2cc3c(cc21)c1ccccc1n3-c1cc(-c2ccc(-c3ccccc3)cc2)cc(-c2ccc(-c3ccccc3)cc2)c1. The maximum Gasteiger partial charge on any atom is 0.172 e. The van der Waals surface area contributed by atoms with E-state index in [1.54, 1.807) is 0 Å². The molecule has 0 bridgehead atoms. The fourth-order valence-electron chi connectivity index (χ4n) is 8.83. The Hall–Kier alpha value is -6.99. The van der Waals surface area contributed by atoms with Crippen LogP contribution in [0.15, 0.2) is 218 Å². The Morgan fingerprint density at radius 3 is 1.39 bits per heavy atom. The Balaban J connectivity index is 1.14. The lowest BCUT2D eigenvalue weighted by Crippen LogP contribution is -2.20. The summed E-state index contributed by atoms with van der Waals surface area (Å²) in [7, 11) is -3.11. The molecule has 11 rings (SSSR count). The summed E-state index contributed by atoms with van der Waals surface area (Å²) in [6, 6.07) is 77.3. The van der Waals surface area contributed by atoms with Gasteiger partial charge in [-0.1, -0.05) is 182 Å². The van der Waals surface area contributed by atoms with E-state index in [4.69, 9.17) is 0 Å². The van der Waals surface area contributed by atoms with Gasteiger partial charge in [0.2, 0.25) is 0 Å². The molecular weight excluding hydrogens is 710 g/mol. The van der Waals surface area contributed by atoms with Gasteiger partial charge in [0, 0.05) is 32.4 Å². The molecule has 2 heterocycles. The summed E-state index contributed by atoms with van der Waals surface area (Å²) in [6.45, 7) is 0. The molecule has 0 N–H and O–H groups in total. The molecule has 9 aromatic carbocycles. The van der Waals surface area contributed by atoms with Crippen LogP contribution in [0.1, 0.15) is 0 Å². The van der Waals surface area contributed by atoms with Crippen LogP contribution >= 0.6 is 7.14 Å². The maximum absolute atomic E-state index is 15.5. The van der Waals surface area contributed by atoms with Gasteiger partial charge in [0.25, 0.3) is 0 Å². The second-order valence-corrected chi connectivity index (χ2v) is 17.6. The highest BCUT2D eigenvalue weighted by atomic mass is 31.2. The van der Waals surface area contributed by atoms with Crippen LogP contribution in [-0.4, -0.2) is 4.57 Å². The first kappa shape index (κ1) is 33.4. The van der Waals surface area contributed by atoms with Gasteiger partial charge in [-0.05, 0) is 92.0 Å². The van der Waals surface area contributed by atoms with Gasteiger partial charge in [0.15, 0.2) is 7.14 Å². The number of hydrogen-bond acceptors (Lipinski definition) is 1. The summed E-state index contributed by atoms with van der Waals surface area (Å²) < 4.78 is 17.9. The van der Waals surface area contributed by atoms with Crippen molar-refractivity contribution < 1.29 is 4.57 Å². The summed E-state index contributed by atoms with van der Waals surface area (Å²) in [5.74, 6) is 0. The van der Waals surface area contributed by atoms with Crippen molar-refractivity contribution in [2.75, 3.05) is 0 Å². The van der Waals surface area contributed by atoms with E-state index in [1.807, 2.05) is 36.4 Å². The minimum atomic E-state index is -3.11. The van der Waals surface area contributed by atoms with E-state index >= 15 is 4.57 Å². The molecule has 10 aromatic rings. The summed E-state index contributed by atoms with van der Waals surface area (Å²) in [6.07, 6.45) is 0. The summed E-state index contributed by atoms with van der Waals surface area (Å²) in [5, 5.41) is 4.93. The molecule has 0 saturated heterocycles. The van der Waals surface area contributed by atoms with E-state index in [2.05, 4.69) is 187 Å². The van der Waals surface area contributed by atoms with E-state index in [0.717, 1.165) is 76.8 Å². The summed E-state index contributed by atoms with van der Waals surface area (Å²) in [4.78, 5) is 0. The first-order chi connectivity index (χ1) is 28.1. The highest BCUT2D eigenvalue weighted by molar-refractivity contribution is 7.86. The highest BCUT2D eigenvalue weighted by Gasteiger charge is 2.40. The van der Waals surface area contributed by atoms with E-state index < -0.39 is 7.14 Å². The molecule has 1 unspecified atom stereocenters. The topological polar surface area (TPSA) is 22.0 Å². The zero-order valence-corrected chi connectivity index (χ0v) is 32.0. The molecule has 0 amide bonds. The summed E-state index contributed by atoms with van der Waals surface area (Å²) >= 11 is 0. The molecule has 1 aromatic heterocycles. The maximum atomic E-state index is 15.5. The van der Waals surface area contributed by atoms with Gasteiger partial charge in [-0.3, -0.25) is 0 Å². The van der Waals surface area contributed by atoms with Crippen molar-refractivity contribution in [3.8, 4) is 61.3 Å². The van der Waals surface area contributed by atoms with Gasteiger partial charge in [-0.25, -0.2) is 0 Å². The van der Waals surface area contributed by atoms with Gasteiger partial charge in [-0.2, -0.15) is 0 Å². The zero-order valence-electron chi connectivity index (χ0n) is 31.1. The minimum absolute atomic E-state index is 0.869. The highest BCUT2D eigenvalue weighted by Crippen LogP contribution is 2.53. The normalized spacial score (nSPS) is 14.5. The number of aromatic nitrogens is 1. The number of rotatable bonds is 6. The predicted octanol–water partition coefficient (Wildman–Crippen LogP) is 13.1. The number of fused-ring (bicyclic) bond motifs is 6. The fourth-order valence-corrected chi connectivity index (χ4v) is 11.9.